The fourth-order valence-electron chi connectivity index (χ4n) is 4.32. The zero-order chi connectivity index (χ0) is 22.8. The van der Waals surface area contributed by atoms with E-state index in [0.29, 0.717) is 8.58 Å². The molecular weight excluding hydrogens is 413 g/mol. The minimum atomic E-state index is 0.0135. The first-order valence-electron chi connectivity index (χ1n) is 11.5. The van der Waals surface area contributed by atoms with E-state index in [4.69, 9.17) is 9.47 Å². The Bertz CT molecular complexity index is 970. The molecule has 0 aromatic heterocycles. The summed E-state index contributed by atoms with van der Waals surface area (Å²) in [5.74, 6) is 0.987. The van der Waals surface area contributed by atoms with Gasteiger partial charge in [0.2, 0.25) is 0 Å². The molecule has 0 aliphatic rings. The number of nitrogens with one attached hydrogen (secondary N) is 1. The first-order valence-corrected chi connectivity index (χ1v) is 12.5. The van der Waals surface area contributed by atoms with Crippen molar-refractivity contribution in [1.82, 2.24) is 5.32 Å². The molecule has 0 aliphatic carbocycles. The molecule has 0 fully saturated rings. The van der Waals surface area contributed by atoms with Crippen molar-refractivity contribution in [3.63, 3.8) is 0 Å². The second-order valence-electron chi connectivity index (χ2n) is 8.11. The summed E-state index contributed by atoms with van der Waals surface area (Å²) in [4.78, 5) is 0. The fourth-order valence-corrected chi connectivity index (χ4v) is 6.04. The smallest absolute Gasteiger partial charge is 0.188 e. The van der Waals surface area contributed by atoms with Gasteiger partial charge in [0.15, 0.2) is 6.79 Å². The summed E-state index contributed by atoms with van der Waals surface area (Å²) in [5.41, 5.74) is 5.17. The van der Waals surface area contributed by atoms with Gasteiger partial charge in [-0.15, -0.1) is 0 Å². The summed E-state index contributed by atoms with van der Waals surface area (Å²) in [6.07, 6.45) is 2.94. The van der Waals surface area contributed by atoms with Gasteiger partial charge in [0.1, 0.15) is 5.75 Å². The van der Waals surface area contributed by atoms with Gasteiger partial charge < -0.3 is 14.8 Å². The highest BCUT2D eigenvalue weighted by molar-refractivity contribution is 7.48. The molecule has 3 aromatic rings. The molecule has 0 radical (unpaired) electrons. The molecule has 0 saturated heterocycles. The Morgan fingerprint density at radius 1 is 0.844 bits per heavy atom. The number of ether oxygens (including phenoxy) is 2. The molecule has 0 heterocycles. The maximum absolute atomic E-state index is 6.28. The predicted molar refractivity (Wildman–Crippen MR) is 138 cm³/mol. The highest BCUT2D eigenvalue weighted by Gasteiger charge is 2.33. The van der Waals surface area contributed by atoms with Crippen LogP contribution in [-0.4, -0.2) is 21.0 Å². The van der Waals surface area contributed by atoms with Gasteiger partial charge in [-0.2, -0.15) is 0 Å². The normalized spacial score (nSPS) is 11.9. The molecule has 1 atom stereocenters. The summed E-state index contributed by atoms with van der Waals surface area (Å²) in [6, 6.07) is 26.1. The van der Waals surface area contributed by atoms with Crippen LogP contribution in [0.4, 0.5) is 0 Å². The van der Waals surface area contributed by atoms with Crippen LogP contribution in [0.5, 0.6) is 5.75 Å². The van der Waals surface area contributed by atoms with Crippen LogP contribution in [0.1, 0.15) is 48.9 Å². The topological polar surface area (TPSA) is 30.5 Å². The monoisotopic (exact) mass is 449 g/mol. The SMILES string of the molecule is CCC(CC)(Pc1ccccc1CNC)c1cccc(Cc2ccccc2)c1OCOC. The third kappa shape index (κ3) is 5.78. The van der Waals surface area contributed by atoms with Gasteiger partial charge in [-0.25, -0.2) is 0 Å². The van der Waals surface area contributed by atoms with Gasteiger partial charge in [-0.3, -0.25) is 0 Å². The first-order chi connectivity index (χ1) is 15.7. The summed E-state index contributed by atoms with van der Waals surface area (Å²) in [6.45, 7) is 5.75. The molecule has 0 bridgehead atoms. The molecule has 0 amide bonds. The molecule has 1 N–H and O–H groups in total. The van der Waals surface area contributed by atoms with E-state index in [1.54, 1.807) is 7.11 Å². The number of para-hydroxylation sites is 1. The Labute approximate surface area is 195 Å². The van der Waals surface area contributed by atoms with E-state index >= 15 is 0 Å². The van der Waals surface area contributed by atoms with E-state index in [9.17, 15) is 0 Å². The zero-order valence-electron chi connectivity index (χ0n) is 19.8. The van der Waals surface area contributed by atoms with Crippen LogP contribution in [0.3, 0.4) is 0 Å². The molecule has 0 aliphatic heterocycles. The second kappa shape index (κ2) is 12.2. The number of methoxy groups -OCH3 is 1. The maximum Gasteiger partial charge on any atom is 0.188 e. The molecule has 0 spiro atoms. The summed E-state index contributed by atoms with van der Waals surface area (Å²) >= 11 is 0. The molecule has 3 nitrogen and oxygen atoms in total. The van der Waals surface area contributed by atoms with Crippen molar-refractivity contribution in [2.24, 2.45) is 0 Å². The lowest BCUT2D eigenvalue weighted by Gasteiger charge is -2.35. The van der Waals surface area contributed by atoms with Crippen LogP contribution in [0.25, 0.3) is 0 Å². The van der Waals surface area contributed by atoms with Crippen LogP contribution in [0, 0.1) is 0 Å². The van der Waals surface area contributed by atoms with Crippen LogP contribution < -0.4 is 15.4 Å². The molecule has 3 rings (SSSR count). The van der Waals surface area contributed by atoms with Crippen molar-refractivity contribution in [1.29, 1.82) is 0 Å². The van der Waals surface area contributed by atoms with Crippen LogP contribution in [0.15, 0.2) is 72.8 Å². The molecular formula is C28H36NO2P. The van der Waals surface area contributed by atoms with Gasteiger partial charge in [-0.1, -0.05) is 95.2 Å². The predicted octanol–water partition coefficient (Wildman–Crippen LogP) is 6.00. The Balaban J connectivity index is 2.07. The zero-order valence-corrected chi connectivity index (χ0v) is 20.8. The largest absolute Gasteiger partial charge is 0.467 e. The molecule has 0 saturated carbocycles. The standard InChI is InChI=1S/C28H36NO2P/c1-5-28(6-2,32-26-18-11-10-15-24(26)20-29-3)25-17-12-16-23(27(25)31-21-30-4)19-22-13-8-7-9-14-22/h7-18,29,32H,5-6,19-21H2,1-4H3. The van der Waals surface area contributed by atoms with Gasteiger partial charge in [0.05, 0.1) is 0 Å². The average molecular weight is 450 g/mol. The van der Waals surface area contributed by atoms with Gasteiger partial charge in [-0.05, 0) is 41.9 Å². The summed E-state index contributed by atoms with van der Waals surface area (Å²) in [5, 5.41) is 4.77. The Morgan fingerprint density at radius 3 is 2.22 bits per heavy atom. The van der Waals surface area contributed by atoms with Gasteiger partial charge in [0.25, 0.3) is 0 Å². The van der Waals surface area contributed by atoms with E-state index in [2.05, 4.69) is 92.0 Å². The highest BCUT2D eigenvalue weighted by atomic mass is 31.1. The maximum atomic E-state index is 6.28. The van der Waals surface area contributed by atoms with E-state index < -0.39 is 0 Å². The lowest BCUT2D eigenvalue weighted by Crippen LogP contribution is -2.25. The van der Waals surface area contributed by atoms with E-state index in [0.717, 1.165) is 31.6 Å². The third-order valence-corrected chi connectivity index (χ3v) is 8.35. The fraction of sp³-hybridized carbons (Fsp3) is 0.357. The minimum Gasteiger partial charge on any atom is -0.467 e. The summed E-state index contributed by atoms with van der Waals surface area (Å²) in [7, 11) is 4.35. The number of benzene rings is 3. The first kappa shape index (κ1) is 24.5. The number of hydrogen-bond acceptors (Lipinski definition) is 3. The van der Waals surface area contributed by atoms with Crippen molar-refractivity contribution in [3.8, 4) is 5.75 Å². The number of rotatable bonds is 12. The van der Waals surface area contributed by atoms with Crippen molar-refractivity contribution in [3.05, 3.63) is 95.1 Å². The van der Waals surface area contributed by atoms with E-state index in [1.807, 2.05) is 7.05 Å². The Hall–Kier alpha value is -2.19. The quantitative estimate of drug-likeness (QED) is 0.272. The van der Waals surface area contributed by atoms with Crippen molar-refractivity contribution < 1.29 is 9.47 Å². The third-order valence-electron chi connectivity index (χ3n) is 6.14. The van der Waals surface area contributed by atoms with Crippen LogP contribution >= 0.6 is 8.58 Å². The molecule has 4 heteroatoms. The molecule has 32 heavy (non-hydrogen) atoms. The Morgan fingerprint density at radius 2 is 1.53 bits per heavy atom. The van der Waals surface area contributed by atoms with Crippen molar-refractivity contribution >= 4 is 13.9 Å². The van der Waals surface area contributed by atoms with Gasteiger partial charge >= 0.3 is 0 Å². The summed E-state index contributed by atoms with van der Waals surface area (Å²) < 4.78 is 11.6. The van der Waals surface area contributed by atoms with E-state index in [1.165, 1.54) is 27.6 Å². The molecule has 170 valence electrons. The minimum absolute atomic E-state index is 0.0135. The Kier molecular flexibility index (Phi) is 9.29. The lowest BCUT2D eigenvalue weighted by molar-refractivity contribution is 0.0493. The van der Waals surface area contributed by atoms with Crippen LogP contribution in [0.2, 0.25) is 0 Å². The molecule has 3 aromatic carbocycles. The highest BCUT2D eigenvalue weighted by Crippen LogP contribution is 2.51. The van der Waals surface area contributed by atoms with Crippen molar-refractivity contribution in [2.45, 2.75) is 44.8 Å². The van der Waals surface area contributed by atoms with Crippen LogP contribution in [-0.2, 0) is 22.9 Å². The van der Waals surface area contributed by atoms with Crippen molar-refractivity contribution in [2.75, 3.05) is 21.0 Å². The molecule has 1 unspecified atom stereocenters. The second-order valence-corrected chi connectivity index (χ2v) is 9.85. The lowest BCUT2D eigenvalue weighted by atomic mass is 9.89. The average Bonchev–Trinajstić information content (AvgIpc) is 2.83. The number of hydrogen-bond donors (Lipinski definition) is 1. The van der Waals surface area contributed by atoms with Gasteiger partial charge in [0, 0.05) is 30.8 Å². The van der Waals surface area contributed by atoms with E-state index in [-0.39, 0.29) is 11.9 Å².